The number of rotatable bonds is 3. The van der Waals surface area contributed by atoms with Crippen molar-refractivity contribution in [2.24, 2.45) is 0 Å². The predicted molar refractivity (Wildman–Crippen MR) is 89.2 cm³/mol. The molecule has 25 heavy (non-hydrogen) atoms. The fourth-order valence-electron chi connectivity index (χ4n) is 3.23. The van der Waals surface area contributed by atoms with Crippen molar-refractivity contribution < 1.29 is 14.9 Å². The second-order valence-electron chi connectivity index (χ2n) is 6.09. The Balaban J connectivity index is 1.62. The molecule has 0 aliphatic carbocycles. The van der Waals surface area contributed by atoms with Crippen molar-refractivity contribution in [2.45, 2.75) is 31.1 Å². The maximum absolute atomic E-state index is 11.9. The minimum atomic E-state index is -1.28. The van der Waals surface area contributed by atoms with Crippen LogP contribution in [0.15, 0.2) is 58.4 Å². The average molecular weight is 343 g/mol. The highest BCUT2D eigenvalue weighted by Gasteiger charge is 2.44. The molecule has 0 spiro atoms. The average Bonchev–Trinajstić information content (AvgIpc) is 3.12. The lowest BCUT2D eigenvalue weighted by molar-refractivity contribution is -0.0437. The Kier molecular flexibility index (Phi) is 3.79. The molecule has 130 valence electrons. The molecule has 8 heteroatoms. The Morgan fingerprint density at radius 1 is 1.04 bits per heavy atom. The van der Waals surface area contributed by atoms with E-state index in [1.54, 1.807) is 0 Å². The van der Waals surface area contributed by atoms with Gasteiger partial charge in [0.25, 0.3) is 5.56 Å². The Hall–Kier alpha value is -2.68. The van der Waals surface area contributed by atoms with Gasteiger partial charge in [-0.15, -0.1) is 0 Å². The van der Waals surface area contributed by atoms with E-state index in [1.807, 2.05) is 41.1 Å². The Bertz CT molecular complexity index is 1020. The molecule has 1 aromatic carbocycles. The summed E-state index contributed by atoms with van der Waals surface area (Å²) in [7, 11) is 0. The zero-order chi connectivity index (χ0) is 17.6. The van der Waals surface area contributed by atoms with E-state index in [0.717, 1.165) is 21.5 Å². The first-order valence-corrected chi connectivity index (χ1v) is 7.91. The number of ether oxygens (including phenoxy) is 1. The van der Waals surface area contributed by atoms with E-state index in [-0.39, 0.29) is 0 Å². The molecular weight excluding hydrogens is 326 g/mol. The van der Waals surface area contributed by atoms with Crippen molar-refractivity contribution in [1.82, 2.24) is 14.1 Å². The van der Waals surface area contributed by atoms with E-state index < -0.39 is 35.8 Å². The number of fused-ring (bicyclic) bond motifs is 1. The van der Waals surface area contributed by atoms with Crippen LogP contribution in [-0.4, -0.2) is 42.6 Å². The molecule has 4 rings (SSSR count). The van der Waals surface area contributed by atoms with Crippen LogP contribution >= 0.6 is 0 Å². The summed E-state index contributed by atoms with van der Waals surface area (Å²) >= 11 is 0. The number of para-hydroxylation sites is 1. The minimum Gasteiger partial charge on any atom is -0.387 e. The highest BCUT2D eigenvalue weighted by atomic mass is 16.6. The quantitative estimate of drug-likeness (QED) is 0.611. The van der Waals surface area contributed by atoms with Gasteiger partial charge in [0, 0.05) is 24.0 Å². The van der Waals surface area contributed by atoms with Crippen molar-refractivity contribution in [2.75, 3.05) is 0 Å². The van der Waals surface area contributed by atoms with Gasteiger partial charge in [-0.3, -0.25) is 14.3 Å². The summed E-state index contributed by atoms with van der Waals surface area (Å²) in [4.78, 5) is 25.2. The molecule has 3 aromatic rings. The summed E-state index contributed by atoms with van der Waals surface area (Å²) in [5.41, 5.74) is -0.252. The highest BCUT2D eigenvalue weighted by Crippen LogP contribution is 2.30. The third-order valence-electron chi connectivity index (χ3n) is 4.52. The number of aromatic nitrogens is 3. The topological polar surface area (TPSA) is 109 Å². The summed E-state index contributed by atoms with van der Waals surface area (Å²) in [5, 5.41) is 21.7. The third kappa shape index (κ3) is 2.70. The Morgan fingerprint density at radius 2 is 1.84 bits per heavy atom. The molecule has 1 fully saturated rings. The van der Waals surface area contributed by atoms with Gasteiger partial charge in [0.05, 0.1) is 6.54 Å². The number of hydrogen-bond donors (Lipinski definition) is 3. The minimum absolute atomic E-state index is 0.320. The van der Waals surface area contributed by atoms with Crippen LogP contribution in [0.1, 0.15) is 6.23 Å². The summed E-state index contributed by atoms with van der Waals surface area (Å²) in [6.45, 7) is 0.320. The molecule has 4 atom stereocenters. The smallest absolute Gasteiger partial charge is 0.330 e. The first-order valence-electron chi connectivity index (χ1n) is 7.91. The first-order chi connectivity index (χ1) is 12.0. The van der Waals surface area contributed by atoms with E-state index in [1.165, 1.54) is 6.20 Å². The molecule has 1 aliphatic rings. The molecule has 1 saturated heterocycles. The van der Waals surface area contributed by atoms with Crippen LogP contribution < -0.4 is 11.2 Å². The van der Waals surface area contributed by atoms with Crippen molar-refractivity contribution in [3.63, 3.8) is 0 Å². The number of aliphatic hydroxyl groups excluding tert-OH is 2. The summed E-state index contributed by atoms with van der Waals surface area (Å²) in [6, 6.07) is 10.9. The number of aliphatic hydroxyl groups is 2. The van der Waals surface area contributed by atoms with Gasteiger partial charge in [-0.25, -0.2) is 4.79 Å². The van der Waals surface area contributed by atoms with E-state index in [0.29, 0.717) is 6.54 Å². The van der Waals surface area contributed by atoms with Crippen LogP contribution in [0.3, 0.4) is 0 Å². The van der Waals surface area contributed by atoms with Gasteiger partial charge in [0.15, 0.2) is 6.23 Å². The zero-order valence-corrected chi connectivity index (χ0v) is 13.1. The van der Waals surface area contributed by atoms with Crippen LogP contribution in [0.2, 0.25) is 0 Å². The monoisotopic (exact) mass is 343 g/mol. The number of benzene rings is 1. The molecule has 3 N–H and O–H groups in total. The largest absolute Gasteiger partial charge is 0.387 e. The van der Waals surface area contributed by atoms with Gasteiger partial charge in [-0.1, -0.05) is 18.2 Å². The fraction of sp³-hybridized carbons (Fsp3) is 0.294. The SMILES string of the molecule is O=c1ccn([C@@H]2O[C@H](Cn3ccc4ccccc43)[C@@H](O)[C@H]2O)c(=O)[nH]1. The van der Waals surface area contributed by atoms with Crippen molar-refractivity contribution in [1.29, 1.82) is 0 Å². The lowest BCUT2D eigenvalue weighted by atomic mass is 10.1. The fourth-order valence-corrected chi connectivity index (χ4v) is 3.23. The van der Waals surface area contributed by atoms with Crippen LogP contribution in [0, 0.1) is 0 Å². The zero-order valence-electron chi connectivity index (χ0n) is 13.1. The maximum Gasteiger partial charge on any atom is 0.330 e. The second kappa shape index (κ2) is 5.99. The van der Waals surface area contributed by atoms with E-state index in [2.05, 4.69) is 4.98 Å². The van der Waals surface area contributed by atoms with Crippen molar-refractivity contribution in [3.8, 4) is 0 Å². The van der Waals surface area contributed by atoms with Gasteiger partial charge < -0.3 is 19.5 Å². The van der Waals surface area contributed by atoms with Gasteiger partial charge in [-0.2, -0.15) is 0 Å². The molecule has 8 nitrogen and oxygen atoms in total. The van der Waals surface area contributed by atoms with Gasteiger partial charge in [-0.05, 0) is 17.5 Å². The molecule has 0 saturated carbocycles. The van der Waals surface area contributed by atoms with Crippen LogP contribution in [0.4, 0.5) is 0 Å². The number of nitrogens with one attached hydrogen (secondary N) is 1. The standard InChI is InChI=1S/C17H17N3O5/c21-13-6-8-20(17(24)18-13)16-15(23)14(22)12(25-16)9-19-7-5-10-3-1-2-4-11(10)19/h1-8,12,14-16,22-23H,9H2,(H,18,21,24)/t12-,14-,15-,16-/m1/s1. The highest BCUT2D eigenvalue weighted by molar-refractivity contribution is 5.79. The van der Waals surface area contributed by atoms with Crippen molar-refractivity contribution in [3.05, 3.63) is 69.6 Å². The van der Waals surface area contributed by atoms with Gasteiger partial charge in [0.1, 0.15) is 18.3 Å². The molecule has 0 unspecified atom stereocenters. The molecule has 3 heterocycles. The van der Waals surface area contributed by atoms with Gasteiger partial charge >= 0.3 is 5.69 Å². The lowest BCUT2D eigenvalue weighted by Gasteiger charge is -2.17. The molecule has 0 radical (unpaired) electrons. The number of nitrogens with zero attached hydrogens (tertiary/aromatic N) is 2. The Labute approximate surface area is 141 Å². The van der Waals surface area contributed by atoms with Gasteiger partial charge in [0.2, 0.25) is 0 Å². The van der Waals surface area contributed by atoms with E-state index in [4.69, 9.17) is 4.74 Å². The van der Waals surface area contributed by atoms with Crippen LogP contribution in [0.25, 0.3) is 10.9 Å². The second-order valence-corrected chi connectivity index (χ2v) is 6.09. The number of aromatic amines is 1. The number of hydrogen-bond acceptors (Lipinski definition) is 5. The third-order valence-corrected chi connectivity index (χ3v) is 4.52. The lowest BCUT2D eigenvalue weighted by Crippen LogP contribution is -2.37. The summed E-state index contributed by atoms with van der Waals surface area (Å²) < 4.78 is 8.73. The summed E-state index contributed by atoms with van der Waals surface area (Å²) in [6.07, 6.45) is -1.08. The van der Waals surface area contributed by atoms with Crippen LogP contribution in [-0.2, 0) is 11.3 Å². The Morgan fingerprint density at radius 3 is 2.64 bits per heavy atom. The normalized spacial score (nSPS) is 26.3. The molecule has 0 bridgehead atoms. The van der Waals surface area contributed by atoms with Crippen molar-refractivity contribution >= 4 is 10.9 Å². The van der Waals surface area contributed by atoms with E-state index >= 15 is 0 Å². The van der Waals surface area contributed by atoms with E-state index in [9.17, 15) is 19.8 Å². The molecule has 1 aliphatic heterocycles. The maximum atomic E-state index is 11.9. The first kappa shape index (κ1) is 15.8. The summed E-state index contributed by atoms with van der Waals surface area (Å²) in [5.74, 6) is 0. The molecule has 2 aromatic heterocycles. The predicted octanol–water partition coefficient (Wildman–Crippen LogP) is -0.189. The molecule has 0 amide bonds. The molecular formula is C17H17N3O5. The van der Waals surface area contributed by atoms with Crippen LogP contribution in [0.5, 0.6) is 0 Å². The number of H-pyrrole nitrogens is 1.